The van der Waals surface area contributed by atoms with E-state index in [2.05, 4.69) is 10.1 Å². The number of aromatic nitrogens is 3. The van der Waals surface area contributed by atoms with Gasteiger partial charge in [-0.1, -0.05) is 0 Å². The predicted molar refractivity (Wildman–Crippen MR) is 86.6 cm³/mol. The topological polar surface area (TPSA) is 51.0 Å². The van der Waals surface area contributed by atoms with Crippen LogP contribution >= 0.6 is 11.8 Å². The molecule has 1 amide bonds. The number of carbonyl (C=O) groups excluding carboxylic acids is 1. The number of benzene rings is 1. The van der Waals surface area contributed by atoms with Gasteiger partial charge in [0.2, 0.25) is 5.91 Å². The first-order chi connectivity index (χ1) is 11.2. The van der Waals surface area contributed by atoms with Gasteiger partial charge in [0.15, 0.2) is 0 Å². The van der Waals surface area contributed by atoms with Crippen molar-refractivity contribution < 1.29 is 9.18 Å². The Morgan fingerprint density at radius 3 is 2.91 bits per heavy atom. The number of carbonyl (C=O) groups is 1. The largest absolute Gasteiger partial charge is 0.341 e. The second kappa shape index (κ2) is 7.59. The Kier molecular flexibility index (Phi) is 5.27. The molecule has 0 aliphatic carbocycles. The summed E-state index contributed by atoms with van der Waals surface area (Å²) in [5.41, 5.74) is 0. The zero-order valence-electron chi connectivity index (χ0n) is 12.8. The van der Waals surface area contributed by atoms with Crippen LogP contribution in [0.5, 0.6) is 0 Å². The van der Waals surface area contributed by atoms with Crippen molar-refractivity contribution in [3.63, 3.8) is 0 Å². The smallest absolute Gasteiger partial charge is 0.223 e. The van der Waals surface area contributed by atoms with Gasteiger partial charge in [-0.3, -0.25) is 4.79 Å². The minimum atomic E-state index is -0.238. The lowest BCUT2D eigenvalue weighted by Crippen LogP contribution is -2.41. The molecule has 1 saturated heterocycles. The fraction of sp³-hybridized carbons (Fsp3) is 0.438. The van der Waals surface area contributed by atoms with Gasteiger partial charge in [-0.2, -0.15) is 5.10 Å². The standard InChI is InChI=1S/C16H19FN4OS/c17-13-3-5-15(6-4-13)23-9-7-16(22)20-8-1-2-14(10-20)21-12-18-11-19-21/h3-6,11-12,14H,1-2,7-10H2. The SMILES string of the molecule is O=C(CCSc1ccc(F)cc1)N1CCCC(n2cncn2)C1. The number of hydrogen-bond acceptors (Lipinski definition) is 4. The van der Waals surface area contributed by atoms with Crippen molar-refractivity contribution in [2.75, 3.05) is 18.8 Å². The summed E-state index contributed by atoms with van der Waals surface area (Å²) < 4.78 is 14.7. The zero-order chi connectivity index (χ0) is 16.1. The van der Waals surface area contributed by atoms with Gasteiger partial charge in [0.25, 0.3) is 0 Å². The second-order valence-corrected chi connectivity index (χ2v) is 6.73. The Balaban J connectivity index is 1.47. The maximum Gasteiger partial charge on any atom is 0.223 e. The maximum atomic E-state index is 12.9. The monoisotopic (exact) mass is 334 g/mol. The molecule has 0 radical (unpaired) electrons. The highest BCUT2D eigenvalue weighted by Crippen LogP contribution is 2.23. The molecular formula is C16H19FN4OS. The Morgan fingerprint density at radius 1 is 1.35 bits per heavy atom. The van der Waals surface area contributed by atoms with E-state index in [4.69, 9.17) is 0 Å². The molecule has 0 saturated carbocycles. The van der Waals surface area contributed by atoms with Gasteiger partial charge in [-0.05, 0) is 37.1 Å². The number of likely N-dealkylation sites (tertiary alicyclic amines) is 1. The quantitative estimate of drug-likeness (QED) is 0.789. The number of rotatable bonds is 5. The van der Waals surface area contributed by atoms with Gasteiger partial charge < -0.3 is 4.90 Å². The van der Waals surface area contributed by atoms with Crippen LogP contribution < -0.4 is 0 Å². The fourth-order valence-electron chi connectivity index (χ4n) is 2.75. The number of nitrogens with zero attached hydrogens (tertiary/aromatic N) is 4. The zero-order valence-corrected chi connectivity index (χ0v) is 13.6. The van der Waals surface area contributed by atoms with E-state index in [-0.39, 0.29) is 17.8 Å². The van der Waals surface area contributed by atoms with Gasteiger partial charge in [0, 0.05) is 30.2 Å². The molecule has 1 aliphatic heterocycles. The van der Waals surface area contributed by atoms with Crippen LogP contribution in [0, 0.1) is 5.82 Å². The Morgan fingerprint density at radius 2 is 2.17 bits per heavy atom. The molecule has 23 heavy (non-hydrogen) atoms. The molecule has 1 fully saturated rings. The Bertz CT molecular complexity index is 632. The normalized spacial score (nSPS) is 18.1. The molecule has 1 unspecified atom stereocenters. The molecule has 0 bridgehead atoms. The van der Waals surface area contributed by atoms with Crippen LogP contribution in [-0.4, -0.2) is 44.4 Å². The third-order valence-electron chi connectivity index (χ3n) is 3.96. The molecule has 5 nitrogen and oxygen atoms in total. The van der Waals surface area contributed by atoms with Crippen LogP contribution in [0.15, 0.2) is 41.8 Å². The predicted octanol–water partition coefficient (Wildman–Crippen LogP) is 2.76. The molecule has 0 N–H and O–H groups in total. The van der Waals surface area contributed by atoms with E-state index in [0.717, 1.165) is 24.3 Å². The summed E-state index contributed by atoms with van der Waals surface area (Å²) in [5.74, 6) is 0.636. The summed E-state index contributed by atoms with van der Waals surface area (Å²) in [5, 5.41) is 4.18. The first-order valence-electron chi connectivity index (χ1n) is 7.72. The highest BCUT2D eigenvalue weighted by atomic mass is 32.2. The Hall–Kier alpha value is -1.89. The molecular weight excluding hydrogens is 315 g/mol. The van der Waals surface area contributed by atoms with Crippen LogP contribution in [0.2, 0.25) is 0 Å². The lowest BCUT2D eigenvalue weighted by Gasteiger charge is -2.32. The van der Waals surface area contributed by atoms with Crippen LogP contribution in [0.4, 0.5) is 4.39 Å². The average Bonchev–Trinajstić information content (AvgIpc) is 3.11. The number of hydrogen-bond donors (Lipinski definition) is 0. The lowest BCUT2D eigenvalue weighted by atomic mass is 10.1. The van der Waals surface area contributed by atoms with Gasteiger partial charge in [-0.25, -0.2) is 14.1 Å². The molecule has 3 rings (SSSR count). The summed E-state index contributed by atoms with van der Waals surface area (Å²) >= 11 is 1.58. The van der Waals surface area contributed by atoms with Crippen molar-refractivity contribution in [3.05, 3.63) is 42.7 Å². The van der Waals surface area contributed by atoms with Crippen molar-refractivity contribution in [2.45, 2.75) is 30.2 Å². The number of amides is 1. The highest BCUT2D eigenvalue weighted by molar-refractivity contribution is 7.99. The minimum absolute atomic E-state index is 0.171. The van der Waals surface area contributed by atoms with Crippen molar-refractivity contribution >= 4 is 17.7 Å². The summed E-state index contributed by atoms with van der Waals surface area (Å²) in [6, 6.07) is 6.59. The summed E-state index contributed by atoms with van der Waals surface area (Å²) in [6.45, 7) is 1.51. The van der Waals surface area contributed by atoms with Crippen molar-refractivity contribution in [3.8, 4) is 0 Å². The first-order valence-corrected chi connectivity index (χ1v) is 8.71. The number of thioether (sulfide) groups is 1. The van der Waals surface area contributed by atoms with E-state index >= 15 is 0 Å². The van der Waals surface area contributed by atoms with Gasteiger partial charge in [0.1, 0.15) is 18.5 Å². The van der Waals surface area contributed by atoms with Gasteiger partial charge in [0.05, 0.1) is 6.04 Å². The van der Waals surface area contributed by atoms with Crippen LogP contribution in [-0.2, 0) is 4.79 Å². The Labute approximate surface area is 138 Å². The van der Waals surface area contributed by atoms with Crippen LogP contribution in [0.25, 0.3) is 0 Å². The minimum Gasteiger partial charge on any atom is -0.341 e. The molecule has 0 spiro atoms. The van der Waals surface area contributed by atoms with E-state index in [9.17, 15) is 9.18 Å². The maximum absolute atomic E-state index is 12.9. The third kappa shape index (κ3) is 4.31. The molecule has 2 aromatic rings. The van der Waals surface area contributed by atoms with E-state index < -0.39 is 0 Å². The van der Waals surface area contributed by atoms with Gasteiger partial charge >= 0.3 is 0 Å². The molecule has 1 atom stereocenters. The van der Waals surface area contributed by atoms with Gasteiger partial charge in [-0.15, -0.1) is 11.8 Å². The van der Waals surface area contributed by atoms with Crippen molar-refractivity contribution in [2.24, 2.45) is 0 Å². The first kappa shape index (κ1) is 16.0. The van der Waals surface area contributed by atoms with E-state index in [1.165, 1.54) is 18.5 Å². The molecule has 1 aromatic heterocycles. The fourth-order valence-corrected chi connectivity index (χ4v) is 3.59. The summed E-state index contributed by atoms with van der Waals surface area (Å²) in [6.07, 6.45) is 5.74. The van der Waals surface area contributed by atoms with Crippen LogP contribution in [0.3, 0.4) is 0 Å². The van der Waals surface area contributed by atoms with Crippen molar-refractivity contribution in [1.82, 2.24) is 19.7 Å². The third-order valence-corrected chi connectivity index (χ3v) is 4.97. The second-order valence-electron chi connectivity index (χ2n) is 5.56. The number of halogens is 1. The molecule has 1 aromatic carbocycles. The molecule has 2 heterocycles. The molecule has 7 heteroatoms. The van der Waals surface area contributed by atoms with E-state index in [0.29, 0.717) is 18.7 Å². The summed E-state index contributed by atoms with van der Waals surface area (Å²) in [4.78, 5) is 19.2. The molecule has 122 valence electrons. The number of piperidine rings is 1. The lowest BCUT2D eigenvalue weighted by molar-refractivity contribution is -0.132. The van der Waals surface area contributed by atoms with E-state index in [1.807, 2.05) is 9.58 Å². The summed E-state index contributed by atoms with van der Waals surface area (Å²) in [7, 11) is 0. The molecule has 1 aliphatic rings. The van der Waals surface area contributed by atoms with Crippen molar-refractivity contribution in [1.29, 1.82) is 0 Å². The van der Waals surface area contributed by atoms with E-state index in [1.54, 1.807) is 30.2 Å². The van der Waals surface area contributed by atoms with Crippen LogP contribution in [0.1, 0.15) is 25.3 Å². The average molecular weight is 334 g/mol. The highest BCUT2D eigenvalue weighted by Gasteiger charge is 2.24.